The van der Waals surface area contributed by atoms with Gasteiger partial charge in [0.1, 0.15) is 5.75 Å². The highest BCUT2D eigenvalue weighted by Gasteiger charge is 2.45. The minimum absolute atomic E-state index is 0.0160. The molecule has 0 aromatic rings. The second-order valence-corrected chi connectivity index (χ2v) is 6.84. The fourth-order valence-corrected chi connectivity index (χ4v) is 3.72. The van der Waals surface area contributed by atoms with Crippen LogP contribution in [-0.2, 0) is 20.4 Å². The minimum atomic E-state index is -1.27. The topological polar surface area (TPSA) is 83.5 Å². The van der Waals surface area contributed by atoms with E-state index < -0.39 is 16.8 Å². The molecule has 6 heteroatoms. The standard InChI is InChI=1S/C13H23NO4S/c1-3-10(4-2)14-11(15)8-19(18)9-13(5-6-13)7-12(16)17/h10H,3-9H2,1-2H3,(H,14,15)(H,16,17). The van der Waals surface area contributed by atoms with E-state index in [-0.39, 0.29) is 29.5 Å². The third-order valence-corrected chi connectivity index (χ3v) is 5.11. The van der Waals surface area contributed by atoms with Crippen molar-refractivity contribution in [3.63, 3.8) is 0 Å². The summed E-state index contributed by atoms with van der Waals surface area (Å²) in [6.45, 7) is 3.99. The van der Waals surface area contributed by atoms with Gasteiger partial charge in [-0.2, -0.15) is 0 Å². The molecule has 0 radical (unpaired) electrons. The van der Waals surface area contributed by atoms with Crippen molar-refractivity contribution in [2.75, 3.05) is 11.5 Å². The summed E-state index contributed by atoms with van der Waals surface area (Å²) in [4.78, 5) is 22.4. The second-order valence-electron chi connectivity index (χ2n) is 5.38. The van der Waals surface area contributed by atoms with E-state index in [1.807, 2.05) is 13.8 Å². The lowest BCUT2D eigenvalue weighted by Gasteiger charge is -2.15. The quantitative estimate of drug-likeness (QED) is 0.670. The summed E-state index contributed by atoms with van der Waals surface area (Å²) in [5.74, 6) is -0.734. The Labute approximate surface area is 116 Å². The van der Waals surface area contributed by atoms with Crippen molar-refractivity contribution in [3.05, 3.63) is 0 Å². The lowest BCUT2D eigenvalue weighted by atomic mass is 10.1. The summed E-state index contributed by atoms with van der Waals surface area (Å²) in [6, 6.07) is 0.137. The lowest BCUT2D eigenvalue weighted by molar-refractivity contribution is -0.138. The minimum Gasteiger partial charge on any atom is -0.481 e. The number of amides is 1. The third kappa shape index (κ3) is 5.72. The monoisotopic (exact) mass is 289 g/mol. The number of carbonyl (C=O) groups is 2. The maximum atomic E-state index is 11.9. The number of aliphatic carboxylic acids is 1. The van der Waals surface area contributed by atoms with Gasteiger partial charge in [-0.15, -0.1) is 0 Å². The molecule has 0 bridgehead atoms. The van der Waals surface area contributed by atoms with Crippen LogP contribution in [0.15, 0.2) is 0 Å². The van der Waals surface area contributed by atoms with Crippen LogP contribution in [0.2, 0.25) is 0 Å². The van der Waals surface area contributed by atoms with Crippen LogP contribution in [0.4, 0.5) is 0 Å². The van der Waals surface area contributed by atoms with E-state index in [1.54, 1.807) is 0 Å². The largest absolute Gasteiger partial charge is 0.481 e. The number of carbonyl (C=O) groups excluding carboxylic acids is 1. The Kier molecular flexibility index (Phi) is 5.97. The molecule has 1 atom stereocenters. The average Bonchev–Trinajstić information content (AvgIpc) is 3.03. The Morgan fingerprint density at radius 1 is 1.32 bits per heavy atom. The van der Waals surface area contributed by atoms with Gasteiger partial charge in [0.2, 0.25) is 5.91 Å². The molecule has 1 saturated carbocycles. The first-order chi connectivity index (χ1) is 8.90. The van der Waals surface area contributed by atoms with Gasteiger partial charge in [0.25, 0.3) is 0 Å². The zero-order valence-corrected chi connectivity index (χ0v) is 12.4. The van der Waals surface area contributed by atoms with Gasteiger partial charge in [-0.3, -0.25) is 13.8 Å². The Hall–Kier alpha value is -0.910. The molecule has 19 heavy (non-hydrogen) atoms. The Morgan fingerprint density at radius 3 is 2.32 bits per heavy atom. The van der Waals surface area contributed by atoms with Gasteiger partial charge in [0.05, 0.1) is 6.42 Å². The summed E-state index contributed by atoms with van der Waals surface area (Å²) in [7, 11) is -1.27. The molecular weight excluding hydrogens is 266 g/mol. The fraction of sp³-hybridized carbons (Fsp3) is 0.846. The number of carboxylic acid groups (broad SMARTS) is 1. The van der Waals surface area contributed by atoms with Gasteiger partial charge in [-0.25, -0.2) is 0 Å². The van der Waals surface area contributed by atoms with E-state index >= 15 is 0 Å². The summed E-state index contributed by atoms with van der Waals surface area (Å²) in [5.41, 5.74) is -0.314. The Balaban J connectivity index is 2.35. The first kappa shape index (κ1) is 16.1. The van der Waals surface area contributed by atoms with Crippen molar-refractivity contribution in [1.29, 1.82) is 0 Å². The molecule has 1 rings (SSSR count). The second kappa shape index (κ2) is 7.03. The molecule has 0 spiro atoms. The number of hydrogen-bond acceptors (Lipinski definition) is 3. The normalized spacial score (nSPS) is 18.1. The van der Waals surface area contributed by atoms with Crippen molar-refractivity contribution in [2.45, 2.75) is 52.0 Å². The highest BCUT2D eigenvalue weighted by Crippen LogP contribution is 2.49. The molecule has 5 nitrogen and oxygen atoms in total. The highest BCUT2D eigenvalue weighted by atomic mass is 32.2. The molecule has 0 aromatic heterocycles. The first-order valence-electron chi connectivity index (χ1n) is 6.77. The van der Waals surface area contributed by atoms with Crippen LogP contribution in [0.25, 0.3) is 0 Å². The van der Waals surface area contributed by atoms with Gasteiger partial charge >= 0.3 is 5.97 Å². The number of hydrogen-bond donors (Lipinski definition) is 2. The van der Waals surface area contributed by atoms with Crippen LogP contribution in [0.1, 0.15) is 46.0 Å². The van der Waals surface area contributed by atoms with Gasteiger partial charge in [-0.1, -0.05) is 13.8 Å². The molecule has 2 N–H and O–H groups in total. The van der Waals surface area contributed by atoms with Crippen molar-refractivity contribution >= 4 is 22.7 Å². The summed E-state index contributed by atoms with van der Waals surface area (Å²) in [6.07, 6.45) is 3.39. The third-order valence-electron chi connectivity index (χ3n) is 3.59. The van der Waals surface area contributed by atoms with Gasteiger partial charge in [0, 0.05) is 22.6 Å². The number of nitrogens with one attached hydrogen (secondary N) is 1. The first-order valence-corrected chi connectivity index (χ1v) is 8.25. The molecule has 1 aliphatic carbocycles. The Bertz CT molecular complexity index is 362. The molecule has 110 valence electrons. The van der Waals surface area contributed by atoms with Crippen LogP contribution in [-0.4, -0.2) is 38.7 Å². The smallest absolute Gasteiger partial charge is 0.303 e. The van der Waals surface area contributed by atoms with E-state index in [2.05, 4.69) is 5.32 Å². The van der Waals surface area contributed by atoms with Crippen LogP contribution in [0, 0.1) is 5.41 Å². The molecule has 0 saturated heterocycles. The summed E-state index contributed by atoms with van der Waals surface area (Å²) < 4.78 is 11.9. The van der Waals surface area contributed by atoms with Crippen LogP contribution in [0.3, 0.4) is 0 Å². The number of carboxylic acids is 1. The number of rotatable bonds is 9. The highest BCUT2D eigenvalue weighted by molar-refractivity contribution is 7.85. The van der Waals surface area contributed by atoms with E-state index in [0.717, 1.165) is 25.7 Å². The molecule has 1 unspecified atom stereocenters. The molecule has 0 aromatic carbocycles. The van der Waals surface area contributed by atoms with Crippen molar-refractivity contribution in [3.8, 4) is 0 Å². The average molecular weight is 289 g/mol. The van der Waals surface area contributed by atoms with E-state index in [0.29, 0.717) is 5.75 Å². The maximum absolute atomic E-state index is 11.9. The van der Waals surface area contributed by atoms with Crippen LogP contribution >= 0.6 is 0 Å². The predicted octanol–water partition coefficient (Wildman–Crippen LogP) is 1.29. The molecular formula is C13H23NO4S. The van der Waals surface area contributed by atoms with E-state index in [4.69, 9.17) is 5.11 Å². The summed E-state index contributed by atoms with van der Waals surface area (Å²) >= 11 is 0. The predicted molar refractivity (Wildman–Crippen MR) is 74.3 cm³/mol. The van der Waals surface area contributed by atoms with Crippen molar-refractivity contribution < 1.29 is 18.9 Å². The molecule has 1 aliphatic rings. The molecule has 0 aliphatic heterocycles. The lowest BCUT2D eigenvalue weighted by Crippen LogP contribution is -2.37. The van der Waals surface area contributed by atoms with Crippen molar-refractivity contribution in [1.82, 2.24) is 5.32 Å². The summed E-state index contributed by atoms with van der Waals surface area (Å²) in [5, 5.41) is 11.6. The molecule has 1 fully saturated rings. The van der Waals surface area contributed by atoms with Crippen molar-refractivity contribution in [2.24, 2.45) is 5.41 Å². The van der Waals surface area contributed by atoms with E-state index in [1.165, 1.54) is 0 Å². The zero-order chi connectivity index (χ0) is 14.5. The van der Waals surface area contributed by atoms with Crippen LogP contribution < -0.4 is 5.32 Å². The Morgan fingerprint density at radius 2 is 1.89 bits per heavy atom. The van der Waals surface area contributed by atoms with E-state index in [9.17, 15) is 13.8 Å². The zero-order valence-electron chi connectivity index (χ0n) is 11.6. The maximum Gasteiger partial charge on any atom is 0.303 e. The van der Waals surface area contributed by atoms with Gasteiger partial charge < -0.3 is 10.4 Å². The molecule has 0 heterocycles. The van der Waals surface area contributed by atoms with Gasteiger partial charge in [-0.05, 0) is 31.1 Å². The van der Waals surface area contributed by atoms with Gasteiger partial charge in [0.15, 0.2) is 0 Å². The molecule has 1 amide bonds. The SMILES string of the molecule is CCC(CC)NC(=O)CS(=O)CC1(CC(=O)O)CC1. The van der Waals surface area contributed by atoms with Crippen LogP contribution in [0.5, 0.6) is 0 Å². The fourth-order valence-electron chi connectivity index (χ4n) is 2.17.